The summed E-state index contributed by atoms with van der Waals surface area (Å²) in [5, 5.41) is 0. The van der Waals surface area contributed by atoms with Crippen LogP contribution in [0.2, 0.25) is 0 Å². The van der Waals surface area contributed by atoms with Gasteiger partial charge in [0.1, 0.15) is 10.7 Å². The van der Waals surface area contributed by atoms with Gasteiger partial charge in [0.05, 0.1) is 5.69 Å². The number of nitrogens with one attached hydrogen (secondary N) is 1. The van der Waals surface area contributed by atoms with Crippen LogP contribution in [-0.4, -0.2) is 30.7 Å². The Morgan fingerprint density at radius 2 is 2.11 bits per heavy atom. The highest BCUT2D eigenvalue weighted by Crippen LogP contribution is 2.19. The minimum absolute atomic E-state index is 0.160. The van der Waals surface area contributed by atoms with Gasteiger partial charge in [0.25, 0.3) is 0 Å². The minimum Gasteiger partial charge on any atom is -0.398 e. The third-order valence-electron chi connectivity index (χ3n) is 2.10. The standard InChI is InChI=1S/C10H15FN2O3S2/c1-7(6-17(2)14)13-18(15,16)10-4-3-8(11)5-9(10)12/h3-5,7,13H,6,12H2,1-2H3. The van der Waals surface area contributed by atoms with Crippen LogP contribution in [0.3, 0.4) is 0 Å². The van der Waals surface area contributed by atoms with Crippen molar-refractivity contribution in [3.8, 4) is 0 Å². The number of halogens is 1. The van der Waals surface area contributed by atoms with Gasteiger partial charge in [0.15, 0.2) is 0 Å². The summed E-state index contributed by atoms with van der Waals surface area (Å²) >= 11 is 0. The first-order chi connectivity index (χ1) is 8.22. The molecule has 0 radical (unpaired) electrons. The van der Waals surface area contributed by atoms with Crippen LogP contribution in [-0.2, 0) is 20.8 Å². The first kappa shape index (κ1) is 15.1. The molecule has 8 heteroatoms. The average molecular weight is 294 g/mol. The van der Waals surface area contributed by atoms with Gasteiger partial charge < -0.3 is 5.73 Å². The molecule has 0 spiro atoms. The van der Waals surface area contributed by atoms with Crippen LogP contribution in [0, 0.1) is 5.82 Å². The molecule has 18 heavy (non-hydrogen) atoms. The maximum absolute atomic E-state index is 12.8. The number of nitrogen functional groups attached to an aromatic ring is 1. The molecule has 0 heterocycles. The molecule has 0 aliphatic carbocycles. The lowest BCUT2D eigenvalue weighted by Gasteiger charge is -2.14. The molecule has 1 rings (SSSR count). The second-order valence-corrected chi connectivity index (χ2v) is 7.11. The maximum Gasteiger partial charge on any atom is 0.242 e. The Morgan fingerprint density at radius 3 is 2.61 bits per heavy atom. The third kappa shape index (κ3) is 4.04. The molecule has 5 nitrogen and oxygen atoms in total. The summed E-state index contributed by atoms with van der Waals surface area (Å²) in [5.41, 5.74) is 5.31. The highest BCUT2D eigenvalue weighted by Gasteiger charge is 2.20. The lowest BCUT2D eigenvalue weighted by atomic mass is 10.3. The first-order valence-electron chi connectivity index (χ1n) is 5.10. The van der Waals surface area contributed by atoms with Gasteiger partial charge in [-0.15, -0.1) is 0 Å². The van der Waals surface area contributed by atoms with E-state index in [1.54, 1.807) is 6.92 Å². The van der Waals surface area contributed by atoms with Crippen molar-refractivity contribution in [1.29, 1.82) is 0 Å². The maximum atomic E-state index is 12.8. The van der Waals surface area contributed by atoms with Crippen molar-refractivity contribution in [1.82, 2.24) is 4.72 Å². The SMILES string of the molecule is CC(CS(C)=O)NS(=O)(=O)c1ccc(F)cc1N. The van der Waals surface area contributed by atoms with E-state index in [0.717, 1.165) is 18.2 Å². The topological polar surface area (TPSA) is 89.3 Å². The minimum atomic E-state index is -3.83. The fourth-order valence-corrected chi connectivity index (χ4v) is 3.73. The normalized spacial score (nSPS) is 15.3. The second kappa shape index (κ2) is 5.77. The molecule has 2 unspecified atom stereocenters. The van der Waals surface area contributed by atoms with Crippen LogP contribution in [0.15, 0.2) is 23.1 Å². The molecule has 1 aromatic carbocycles. The van der Waals surface area contributed by atoms with Gasteiger partial charge in [-0.1, -0.05) is 0 Å². The molecule has 0 saturated heterocycles. The molecule has 0 bridgehead atoms. The lowest BCUT2D eigenvalue weighted by molar-refractivity contribution is 0.570. The van der Waals surface area contributed by atoms with Gasteiger partial charge in [0.2, 0.25) is 10.0 Å². The highest BCUT2D eigenvalue weighted by molar-refractivity contribution is 7.89. The molecule has 0 fully saturated rings. The molecule has 2 atom stereocenters. The fraction of sp³-hybridized carbons (Fsp3) is 0.400. The zero-order chi connectivity index (χ0) is 13.9. The summed E-state index contributed by atoms with van der Waals surface area (Å²) < 4.78 is 50.1. The van der Waals surface area contributed by atoms with Crippen LogP contribution in [0.1, 0.15) is 6.92 Å². The molecule has 0 aliphatic heterocycles. The summed E-state index contributed by atoms with van der Waals surface area (Å²) in [5.74, 6) is -0.408. The van der Waals surface area contributed by atoms with E-state index in [1.165, 1.54) is 6.26 Å². The molecular formula is C10H15FN2O3S2. The molecular weight excluding hydrogens is 279 g/mol. The summed E-state index contributed by atoms with van der Waals surface area (Å²) in [6.45, 7) is 1.60. The van der Waals surface area contributed by atoms with E-state index in [9.17, 15) is 17.0 Å². The van der Waals surface area contributed by atoms with Gasteiger partial charge in [-0.3, -0.25) is 4.21 Å². The molecule has 0 amide bonds. The number of benzene rings is 1. The largest absolute Gasteiger partial charge is 0.398 e. The Bertz CT molecular complexity index is 560. The van der Waals surface area contributed by atoms with Gasteiger partial charge >= 0.3 is 0 Å². The van der Waals surface area contributed by atoms with Crippen molar-refractivity contribution in [3.05, 3.63) is 24.0 Å². The van der Waals surface area contributed by atoms with Crippen molar-refractivity contribution in [2.24, 2.45) is 0 Å². The smallest absolute Gasteiger partial charge is 0.242 e. The van der Waals surface area contributed by atoms with Crippen LogP contribution in [0.25, 0.3) is 0 Å². The first-order valence-corrected chi connectivity index (χ1v) is 8.31. The van der Waals surface area contributed by atoms with Crippen LogP contribution in [0.4, 0.5) is 10.1 Å². The predicted molar refractivity (Wildman–Crippen MR) is 69.5 cm³/mol. The second-order valence-electron chi connectivity index (χ2n) is 3.94. The number of rotatable bonds is 5. The molecule has 1 aromatic rings. The number of sulfonamides is 1. The summed E-state index contributed by atoms with van der Waals surface area (Å²) in [4.78, 5) is -0.183. The Balaban J connectivity index is 2.96. The van der Waals surface area contributed by atoms with E-state index in [1.807, 2.05) is 0 Å². The van der Waals surface area contributed by atoms with Crippen molar-refractivity contribution < 1.29 is 17.0 Å². The highest BCUT2D eigenvalue weighted by atomic mass is 32.2. The number of hydrogen-bond acceptors (Lipinski definition) is 4. The Hall–Kier alpha value is -0.990. The molecule has 0 aliphatic rings. The van der Waals surface area contributed by atoms with E-state index in [4.69, 9.17) is 5.73 Å². The van der Waals surface area contributed by atoms with E-state index in [2.05, 4.69) is 4.72 Å². The Kier molecular flexibility index (Phi) is 4.83. The summed E-state index contributed by atoms with van der Waals surface area (Å²) in [6, 6.07) is 2.57. The van der Waals surface area contributed by atoms with E-state index in [0.29, 0.717) is 0 Å². The monoisotopic (exact) mass is 294 g/mol. The van der Waals surface area contributed by atoms with Crippen molar-refractivity contribution in [3.63, 3.8) is 0 Å². The Morgan fingerprint density at radius 1 is 1.50 bits per heavy atom. The van der Waals surface area contributed by atoms with Gasteiger partial charge in [-0.05, 0) is 25.1 Å². The average Bonchev–Trinajstić information content (AvgIpc) is 2.13. The summed E-state index contributed by atoms with van der Waals surface area (Å²) in [7, 11) is -4.94. The molecule has 0 saturated carbocycles. The van der Waals surface area contributed by atoms with E-state index in [-0.39, 0.29) is 16.3 Å². The van der Waals surface area contributed by atoms with Crippen LogP contribution < -0.4 is 10.5 Å². The fourth-order valence-electron chi connectivity index (χ4n) is 1.48. The van der Waals surface area contributed by atoms with Crippen LogP contribution >= 0.6 is 0 Å². The number of nitrogens with two attached hydrogens (primary N) is 1. The predicted octanol–water partition coefficient (Wildman–Crippen LogP) is 0.453. The molecule has 102 valence electrons. The van der Waals surface area contributed by atoms with Gasteiger partial charge in [-0.25, -0.2) is 17.5 Å². The van der Waals surface area contributed by atoms with Crippen molar-refractivity contribution in [2.75, 3.05) is 17.7 Å². The van der Waals surface area contributed by atoms with Gasteiger partial charge in [-0.2, -0.15) is 0 Å². The summed E-state index contributed by atoms with van der Waals surface area (Å²) in [6.07, 6.45) is 1.48. The quantitative estimate of drug-likeness (QED) is 0.772. The van der Waals surface area contributed by atoms with Gasteiger partial charge in [0, 0.05) is 28.9 Å². The van der Waals surface area contributed by atoms with E-state index < -0.39 is 32.7 Å². The van der Waals surface area contributed by atoms with Crippen molar-refractivity contribution >= 4 is 26.5 Å². The molecule has 3 N–H and O–H groups in total. The zero-order valence-corrected chi connectivity index (χ0v) is 11.6. The Labute approximate surface area is 108 Å². The number of anilines is 1. The van der Waals surface area contributed by atoms with Crippen molar-refractivity contribution in [2.45, 2.75) is 17.9 Å². The zero-order valence-electron chi connectivity index (χ0n) is 10.0. The van der Waals surface area contributed by atoms with Crippen LogP contribution in [0.5, 0.6) is 0 Å². The molecule has 0 aromatic heterocycles. The third-order valence-corrected chi connectivity index (χ3v) is 4.74. The van der Waals surface area contributed by atoms with E-state index >= 15 is 0 Å². The number of hydrogen-bond donors (Lipinski definition) is 2. The lowest BCUT2D eigenvalue weighted by Crippen LogP contribution is -2.36.